The molecule has 2 N–H and O–H groups in total. The predicted molar refractivity (Wildman–Crippen MR) is 121 cm³/mol. The van der Waals surface area contributed by atoms with Crippen LogP contribution >= 0.6 is 15.9 Å². The minimum atomic E-state index is -1.89. The highest BCUT2D eigenvalue weighted by Gasteiger charge is 2.39. The van der Waals surface area contributed by atoms with Crippen LogP contribution in [0.3, 0.4) is 0 Å². The largest absolute Gasteiger partial charge is 0.438 e. The van der Waals surface area contributed by atoms with Crippen molar-refractivity contribution in [2.45, 2.75) is 5.60 Å². The topological polar surface area (TPSA) is 87.3 Å². The SMILES string of the molecule is O=C(N/N=C\c1cc(Br)c(N2CCOCC2)o1)C(O)(c1ccccc1)c1ccccc1. The molecule has 160 valence electrons. The van der Waals surface area contributed by atoms with Gasteiger partial charge in [0, 0.05) is 19.2 Å². The van der Waals surface area contributed by atoms with Crippen molar-refractivity contribution in [1.29, 1.82) is 0 Å². The molecule has 0 radical (unpaired) electrons. The Morgan fingerprint density at radius 2 is 1.65 bits per heavy atom. The van der Waals surface area contributed by atoms with Gasteiger partial charge in [-0.25, -0.2) is 5.43 Å². The molecule has 2 heterocycles. The standard InChI is InChI=1S/C23H22BrN3O4/c24-20-15-19(31-21(20)27-11-13-30-14-12-27)16-25-26-22(28)23(29,17-7-3-1-4-8-17)18-9-5-2-6-10-18/h1-10,15-16,29H,11-14H2,(H,26,28)/b25-16-. The number of furan rings is 1. The van der Waals surface area contributed by atoms with Crippen LogP contribution in [0.2, 0.25) is 0 Å². The molecule has 0 bridgehead atoms. The summed E-state index contributed by atoms with van der Waals surface area (Å²) in [6.07, 6.45) is 1.41. The molecule has 1 fully saturated rings. The Morgan fingerprint density at radius 3 is 2.23 bits per heavy atom. The highest BCUT2D eigenvalue weighted by molar-refractivity contribution is 9.10. The summed E-state index contributed by atoms with van der Waals surface area (Å²) in [6, 6.07) is 19.3. The number of halogens is 1. The highest BCUT2D eigenvalue weighted by Crippen LogP contribution is 2.31. The van der Waals surface area contributed by atoms with E-state index in [1.54, 1.807) is 54.6 Å². The first kappa shape index (κ1) is 21.3. The van der Waals surface area contributed by atoms with E-state index in [4.69, 9.17) is 9.15 Å². The maximum Gasteiger partial charge on any atom is 0.281 e. The highest BCUT2D eigenvalue weighted by atomic mass is 79.9. The molecule has 8 heteroatoms. The van der Waals surface area contributed by atoms with Crippen LogP contribution in [0.5, 0.6) is 0 Å². The molecule has 1 aliphatic heterocycles. The number of hydrogen-bond acceptors (Lipinski definition) is 6. The van der Waals surface area contributed by atoms with Crippen LogP contribution in [0.15, 0.2) is 80.7 Å². The number of amides is 1. The molecule has 1 aliphatic rings. The summed E-state index contributed by atoms with van der Waals surface area (Å²) < 4.78 is 12.0. The molecule has 0 saturated carbocycles. The fourth-order valence-corrected chi connectivity index (χ4v) is 4.00. The second-order valence-electron chi connectivity index (χ2n) is 7.04. The number of nitrogens with zero attached hydrogens (tertiary/aromatic N) is 2. The molecule has 31 heavy (non-hydrogen) atoms. The number of hydrazone groups is 1. The zero-order valence-corrected chi connectivity index (χ0v) is 18.3. The van der Waals surface area contributed by atoms with Gasteiger partial charge >= 0.3 is 0 Å². The Labute approximate surface area is 188 Å². The van der Waals surface area contributed by atoms with Gasteiger partial charge in [-0.2, -0.15) is 5.10 Å². The Kier molecular flexibility index (Phi) is 6.50. The van der Waals surface area contributed by atoms with Gasteiger partial charge in [-0.15, -0.1) is 0 Å². The zero-order valence-electron chi connectivity index (χ0n) is 16.7. The van der Waals surface area contributed by atoms with Gasteiger partial charge in [0.15, 0.2) is 11.4 Å². The molecule has 0 unspecified atom stereocenters. The number of ether oxygens (including phenoxy) is 1. The number of nitrogens with one attached hydrogen (secondary N) is 1. The second kappa shape index (κ2) is 9.47. The normalized spacial score (nSPS) is 14.7. The first-order valence-corrected chi connectivity index (χ1v) is 10.7. The van der Waals surface area contributed by atoms with Gasteiger partial charge < -0.3 is 19.2 Å². The maximum absolute atomic E-state index is 13.0. The number of anilines is 1. The van der Waals surface area contributed by atoms with Gasteiger partial charge in [-0.1, -0.05) is 60.7 Å². The fraction of sp³-hybridized carbons (Fsp3) is 0.217. The van der Waals surface area contributed by atoms with Crippen molar-refractivity contribution in [1.82, 2.24) is 5.43 Å². The Morgan fingerprint density at radius 1 is 1.06 bits per heavy atom. The number of hydrogen-bond donors (Lipinski definition) is 2. The van der Waals surface area contributed by atoms with E-state index in [0.717, 1.165) is 17.6 Å². The summed E-state index contributed by atoms with van der Waals surface area (Å²) in [5.74, 6) is 0.498. The van der Waals surface area contributed by atoms with Gasteiger partial charge in [0.2, 0.25) is 5.88 Å². The van der Waals surface area contributed by atoms with Crippen molar-refractivity contribution in [3.05, 3.63) is 88.1 Å². The van der Waals surface area contributed by atoms with Crippen molar-refractivity contribution < 1.29 is 19.1 Å². The number of morpholine rings is 1. The van der Waals surface area contributed by atoms with E-state index in [-0.39, 0.29) is 0 Å². The van der Waals surface area contributed by atoms with E-state index < -0.39 is 11.5 Å². The lowest BCUT2D eigenvalue weighted by atomic mass is 9.85. The minimum absolute atomic E-state index is 0.448. The third-order valence-corrected chi connectivity index (χ3v) is 5.62. The number of carbonyl (C=O) groups excluding carboxylic acids is 1. The smallest absolute Gasteiger partial charge is 0.281 e. The number of benzene rings is 2. The Hall–Kier alpha value is -2.94. The minimum Gasteiger partial charge on any atom is -0.438 e. The Bertz CT molecular complexity index is 1010. The van der Waals surface area contributed by atoms with Crippen LogP contribution in [0, 0.1) is 0 Å². The summed E-state index contributed by atoms with van der Waals surface area (Å²) in [5, 5.41) is 15.4. The molecule has 3 aromatic rings. The Balaban J connectivity index is 1.53. The average molecular weight is 484 g/mol. The second-order valence-corrected chi connectivity index (χ2v) is 7.90. The van der Waals surface area contributed by atoms with E-state index in [0.29, 0.717) is 36.0 Å². The molecule has 7 nitrogen and oxygen atoms in total. The van der Waals surface area contributed by atoms with Crippen molar-refractivity contribution in [3.63, 3.8) is 0 Å². The molecule has 0 atom stereocenters. The molecule has 1 saturated heterocycles. The third-order valence-electron chi connectivity index (χ3n) is 5.06. The van der Waals surface area contributed by atoms with Crippen molar-refractivity contribution in [2.24, 2.45) is 5.10 Å². The number of carbonyl (C=O) groups is 1. The lowest BCUT2D eigenvalue weighted by Crippen LogP contribution is -2.43. The van der Waals surface area contributed by atoms with Gasteiger partial charge in [0.25, 0.3) is 5.91 Å². The molecular weight excluding hydrogens is 462 g/mol. The van der Waals surface area contributed by atoms with E-state index in [9.17, 15) is 9.90 Å². The van der Waals surface area contributed by atoms with Crippen LogP contribution in [0.1, 0.15) is 16.9 Å². The summed E-state index contributed by atoms with van der Waals surface area (Å²) in [7, 11) is 0. The van der Waals surface area contributed by atoms with Crippen molar-refractivity contribution in [2.75, 3.05) is 31.2 Å². The van der Waals surface area contributed by atoms with Gasteiger partial charge in [0.05, 0.1) is 23.9 Å². The van der Waals surface area contributed by atoms with E-state index in [2.05, 4.69) is 31.4 Å². The lowest BCUT2D eigenvalue weighted by Gasteiger charge is -2.27. The van der Waals surface area contributed by atoms with E-state index >= 15 is 0 Å². The summed E-state index contributed by atoms with van der Waals surface area (Å²) in [4.78, 5) is 15.1. The number of rotatable bonds is 6. The van der Waals surface area contributed by atoms with Crippen molar-refractivity contribution >= 4 is 33.9 Å². The van der Waals surface area contributed by atoms with Crippen LogP contribution in [-0.4, -0.2) is 43.5 Å². The molecule has 4 rings (SSSR count). The van der Waals surface area contributed by atoms with Gasteiger partial charge in [-0.05, 0) is 27.1 Å². The average Bonchev–Trinajstić information content (AvgIpc) is 3.20. The number of aliphatic hydroxyl groups is 1. The first-order valence-electron chi connectivity index (χ1n) is 9.88. The monoisotopic (exact) mass is 483 g/mol. The summed E-state index contributed by atoms with van der Waals surface area (Å²) >= 11 is 3.50. The maximum atomic E-state index is 13.0. The first-order chi connectivity index (χ1) is 15.1. The quantitative estimate of drug-likeness (QED) is 0.415. The summed E-state index contributed by atoms with van der Waals surface area (Å²) in [6.45, 7) is 2.76. The van der Waals surface area contributed by atoms with Crippen molar-refractivity contribution in [3.8, 4) is 0 Å². The van der Waals surface area contributed by atoms with Crippen LogP contribution in [-0.2, 0) is 15.1 Å². The molecule has 1 amide bonds. The molecule has 1 aromatic heterocycles. The van der Waals surface area contributed by atoms with Crippen LogP contribution in [0.25, 0.3) is 0 Å². The molecular formula is C23H22BrN3O4. The lowest BCUT2D eigenvalue weighted by molar-refractivity contribution is -0.136. The predicted octanol–water partition coefficient (Wildman–Crippen LogP) is 3.26. The van der Waals surface area contributed by atoms with E-state index in [1.807, 2.05) is 12.1 Å². The van der Waals surface area contributed by atoms with Gasteiger partial charge in [0.1, 0.15) is 0 Å². The fourth-order valence-electron chi connectivity index (χ4n) is 3.45. The van der Waals surface area contributed by atoms with Gasteiger partial charge in [-0.3, -0.25) is 4.79 Å². The molecule has 2 aromatic carbocycles. The van der Waals surface area contributed by atoms with Crippen LogP contribution < -0.4 is 10.3 Å². The van der Waals surface area contributed by atoms with Crippen LogP contribution in [0.4, 0.5) is 5.88 Å². The molecule has 0 aliphatic carbocycles. The van der Waals surface area contributed by atoms with E-state index in [1.165, 1.54) is 6.21 Å². The summed E-state index contributed by atoms with van der Waals surface area (Å²) in [5.41, 5.74) is 1.46. The molecule has 0 spiro atoms. The third kappa shape index (κ3) is 4.56. The zero-order chi connectivity index (χ0) is 21.7.